The topological polar surface area (TPSA) is 156 Å². The van der Waals surface area contributed by atoms with Gasteiger partial charge in [-0.15, -0.1) is 0 Å². The Balaban J connectivity index is 1.92. The molecule has 0 radical (unpaired) electrons. The molecule has 12 heteroatoms. The van der Waals surface area contributed by atoms with Crippen LogP contribution < -0.4 is 21.7 Å². The number of primary amides is 1. The number of carboxylic acid groups (broad SMARTS) is 1. The largest absolute Gasteiger partial charge is 0.465 e. The molecule has 0 aliphatic carbocycles. The zero-order valence-corrected chi connectivity index (χ0v) is 19.8. The monoisotopic (exact) mass is 487 g/mol. The molecular formula is C23H30FN7O4. The normalized spacial score (nSPS) is 12.8. The van der Waals surface area contributed by atoms with Crippen LogP contribution in [-0.2, 0) is 11.3 Å². The number of nitrogens with zero attached hydrogens (tertiary/aromatic N) is 3. The number of pyridine rings is 1. The SMILES string of the molecule is CC[C@H](NC(=O)O)[C@@H](CC)Nc1nc(Nc2ccc3c(cnn3CCOC)c2)c(C(N)=O)cc1F. The predicted octanol–water partition coefficient (Wildman–Crippen LogP) is 3.30. The molecule has 0 bridgehead atoms. The van der Waals surface area contributed by atoms with Crippen LogP contribution in [0.3, 0.4) is 0 Å². The van der Waals surface area contributed by atoms with E-state index in [1.54, 1.807) is 19.4 Å². The van der Waals surface area contributed by atoms with Crippen molar-refractivity contribution in [1.82, 2.24) is 20.1 Å². The lowest BCUT2D eigenvalue weighted by atomic mass is 10.0. The van der Waals surface area contributed by atoms with Gasteiger partial charge in [0, 0.05) is 24.2 Å². The molecule has 0 unspecified atom stereocenters. The van der Waals surface area contributed by atoms with Crippen molar-refractivity contribution in [3.63, 3.8) is 0 Å². The summed E-state index contributed by atoms with van der Waals surface area (Å²) in [5, 5.41) is 22.8. The van der Waals surface area contributed by atoms with Crippen LogP contribution in [0.25, 0.3) is 10.9 Å². The average Bonchev–Trinajstić information content (AvgIpc) is 3.23. The summed E-state index contributed by atoms with van der Waals surface area (Å²) in [6, 6.07) is 5.59. The van der Waals surface area contributed by atoms with Gasteiger partial charge in [0.15, 0.2) is 11.6 Å². The van der Waals surface area contributed by atoms with Gasteiger partial charge in [0.1, 0.15) is 5.82 Å². The van der Waals surface area contributed by atoms with Crippen molar-refractivity contribution in [1.29, 1.82) is 0 Å². The van der Waals surface area contributed by atoms with Crippen molar-refractivity contribution >= 4 is 40.2 Å². The van der Waals surface area contributed by atoms with E-state index >= 15 is 0 Å². The Bertz CT molecular complexity index is 1200. The highest BCUT2D eigenvalue weighted by Crippen LogP contribution is 2.27. The number of hydrogen-bond acceptors (Lipinski definition) is 7. The molecule has 1 aromatic carbocycles. The van der Waals surface area contributed by atoms with Crippen LogP contribution in [0.15, 0.2) is 30.5 Å². The fourth-order valence-corrected chi connectivity index (χ4v) is 3.84. The van der Waals surface area contributed by atoms with Gasteiger partial charge in [-0.3, -0.25) is 9.48 Å². The fourth-order valence-electron chi connectivity index (χ4n) is 3.84. The van der Waals surface area contributed by atoms with Gasteiger partial charge >= 0.3 is 6.09 Å². The molecule has 6 N–H and O–H groups in total. The minimum Gasteiger partial charge on any atom is -0.465 e. The number of amides is 2. The Morgan fingerprint density at radius 2 is 1.94 bits per heavy atom. The number of nitrogens with one attached hydrogen (secondary N) is 3. The highest BCUT2D eigenvalue weighted by atomic mass is 19.1. The zero-order valence-electron chi connectivity index (χ0n) is 19.8. The summed E-state index contributed by atoms with van der Waals surface area (Å²) in [5.74, 6) is -1.67. The highest BCUT2D eigenvalue weighted by Gasteiger charge is 2.23. The Kier molecular flexibility index (Phi) is 8.42. The molecule has 0 saturated heterocycles. The molecule has 188 valence electrons. The first-order valence-electron chi connectivity index (χ1n) is 11.2. The summed E-state index contributed by atoms with van der Waals surface area (Å²) < 4.78 is 21.8. The van der Waals surface area contributed by atoms with E-state index in [1.165, 1.54) is 0 Å². The molecule has 0 aliphatic heterocycles. The molecule has 0 spiro atoms. The van der Waals surface area contributed by atoms with Crippen LogP contribution in [-0.4, -0.2) is 57.7 Å². The summed E-state index contributed by atoms with van der Waals surface area (Å²) in [4.78, 5) is 27.4. The second kappa shape index (κ2) is 11.5. The van der Waals surface area contributed by atoms with E-state index in [4.69, 9.17) is 15.6 Å². The van der Waals surface area contributed by atoms with Crippen molar-refractivity contribution in [2.24, 2.45) is 5.73 Å². The number of fused-ring (bicyclic) bond motifs is 1. The average molecular weight is 488 g/mol. The quantitative estimate of drug-likeness (QED) is 0.260. The smallest absolute Gasteiger partial charge is 0.404 e. The van der Waals surface area contributed by atoms with Crippen molar-refractivity contribution in [3.8, 4) is 0 Å². The van der Waals surface area contributed by atoms with Gasteiger partial charge in [-0.25, -0.2) is 14.2 Å². The number of hydrogen-bond donors (Lipinski definition) is 5. The summed E-state index contributed by atoms with van der Waals surface area (Å²) in [7, 11) is 1.62. The van der Waals surface area contributed by atoms with Gasteiger partial charge in [0.25, 0.3) is 5.91 Å². The Labute approximate surface area is 201 Å². The number of carbonyl (C=O) groups excluding carboxylic acids is 1. The Morgan fingerprint density at radius 3 is 2.57 bits per heavy atom. The summed E-state index contributed by atoms with van der Waals surface area (Å²) >= 11 is 0. The number of methoxy groups -OCH3 is 1. The van der Waals surface area contributed by atoms with E-state index in [9.17, 15) is 14.0 Å². The molecule has 35 heavy (non-hydrogen) atoms. The lowest BCUT2D eigenvalue weighted by molar-refractivity contribution is 0.1000. The number of aromatic nitrogens is 3. The number of anilines is 3. The van der Waals surface area contributed by atoms with Crippen molar-refractivity contribution < 1.29 is 23.8 Å². The van der Waals surface area contributed by atoms with E-state index in [-0.39, 0.29) is 17.2 Å². The molecular weight excluding hydrogens is 457 g/mol. The molecule has 0 saturated carbocycles. The van der Waals surface area contributed by atoms with E-state index < -0.39 is 29.9 Å². The molecule has 2 atom stereocenters. The third-order valence-electron chi connectivity index (χ3n) is 5.65. The van der Waals surface area contributed by atoms with Crippen LogP contribution in [0.2, 0.25) is 0 Å². The number of nitrogens with two attached hydrogens (primary N) is 1. The fraction of sp³-hybridized carbons (Fsp3) is 0.391. The van der Waals surface area contributed by atoms with Gasteiger partial charge < -0.3 is 31.5 Å². The maximum atomic E-state index is 14.9. The second-order valence-corrected chi connectivity index (χ2v) is 7.96. The summed E-state index contributed by atoms with van der Waals surface area (Å²) in [6.45, 7) is 4.79. The zero-order chi connectivity index (χ0) is 25.5. The predicted molar refractivity (Wildman–Crippen MR) is 131 cm³/mol. The van der Waals surface area contributed by atoms with Crippen molar-refractivity contribution in [2.45, 2.75) is 45.3 Å². The van der Waals surface area contributed by atoms with Crippen LogP contribution >= 0.6 is 0 Å². The first-order valence-corrected chi connectivity index (χ1v) is 11.2. The number of halogens is 1. The maximum absolute atomic E-state index is 14.9. The number of ether oxygens (including phenoxy) is 1. The minimum atomic E-state index is -1.17. The molecule has 2 amide bonds. The highest BCUT2D eigenvalue weighted by molar-refractivity contribution is 5.99. The lowest BCUT2D eigenvalue weighted by Crippen LogP contribution is -2.46. The van der Waals surface area contributed by atoms with Gasteiger partial charge in [-0.2, -0.15) is 5.10 Å². The minimum absolute atomic E-state index is 0.0709. The van der Waals surface area contributed by atoms with Gasteiger partial charge in [0.05, 0.1) is 36.5 Å². The van der Waals surface area contributed by atoms with Crippen LogP contribution in [0.4, 0.5) is 26.5 Å². The number of carbonyl (C=O) groups is 2. The first kappa shape index (κ1) is 25.7. The molecule has 2 aromatic heterocycles. The van der Waals surface area contributed by atoms with Crippen LogP contribution in [0.1, 0.15) is 37.0 Å². The van der Waals surface area contributed by atoms with E-state index in [2.05, 4.69) is 26.0 Å². The molecule has 0 aliphatic rings. The maximum Gasteiger partial charge on any atom is 0.404 e. The van der Waals surface area contributed by atoms with E-state index in [0.717, 1.165) is 17.0 Å². The third kappa shape index (κ3) is 6.15. The van der Waals surface area contributed by atoms with Gasteiger partial charge in [-0.05, 0) is 37.1 Å². The standard InChI is InChI=1S/C23H30FN7O4/c1-4-17(18(5-2)29-23(33)34)28-22-16(24)11-15(20(25)32)21(30-22)27-14-6-7-19-13(10-14)12-26-31(19)8-9-35-3/h6-7,10-12,17-18,29H,4-5,8-9H2,1-3H3,(H2,25,32)(H,33,34)(H2,27,28,30)/t17-,18+/m1/s1. The van der Waals surface area contributed by atoms with Gasteiger partial charge in [-0.1, -0.05) is 13.8 Å². The first-order chi connectivity index (χ1) is 16.8. The molecule has 3 rings (SSSR count). The molecule has 11 nitrogen and oxygen atoms in total. The molecule has 2 heterocycles. The molecule has 3 aromatic rings. The van der Waals surface area contributed by atoms with Crippen LogP contribution in [0, 0.1) is 5.82 Å². The Morgan fingerprint density at radius 1 is 1.20 bits per heavy atom. The lowest BCUT2D eigenvalue weighted by Gasteiger charge is -2.27. The Hall–Kier alpha value is -3.93. The summed E-state index contributed by atoms with van der Waals surface area (Å²) in [6.07, 6.45) is 1.53. The van der Waals surface area contributed by atoms with E-state index in [0.29, 0.717) is 31.7 Å². The van der Waals surface area contributed by atoms with E-state index in [1.807, 2.05) is 30.7 Å². The molecule has 0 fully saturated rings. The summed E-state index contributed by atoms with van der Waals surface area (Å²) in [5.41, 5.74) is 6.86. The number of benzene rings is 1. The second-order valence-electron chi connectivity index (χ2n) is 7.96. The van der Waals surface area contributed by atoms with Gasteiger partial charge in [0.2, 0.25) is 0 Å². The van der Waals surface area contributed by atoms with Crippen molar-refractivity contribution in [2.75, 3.05) is 24.4 Å². The van der Waals surface area contributed by atoms with Crippen LogP contribution in [0.5, 0.6) is 0 Å². The van der Waals surface area contributed by atoms with Crippen molar-refractivity contribution in [3.05, 3.63) is 41.8 Å². The third-order valence-corrected chi connectivity index (χ3v) is 5.65. The number of rotatable bonds is 12.